The molecule has 0 spiro atoms. The van der Waals surface area contributed by atoms with Crippen LogP contribution in [0.4, 0.5) is 14.5 Å². The molecule has 4 aromatic carbocycles. The average molecular weight is 528 g/mol. The molecular weight excluding hydrogens is 504 g/mol. The highest BCUT2D eigenvalue weighted by atomic mass is 19.1. The topological polar surface area (TPSA) is 87.1 Å². The molecule has 1 fully saturated rings. The SMILES string of the molecule is Cc1cc(/C(O)=C2\C(=O)C(=O)N(c3cc(F)ccc3F)C2c2ccc(O)cc2)ccc1OCc1ccccc1. The van der Waals surface area contributed by atoms with E-state index in [0.717, 1.165) is 28.7 Å². The van der Waals surface area contributed by atoms with Crippen LogP contribution < -0.4 is 9.64 Å². The summed E-state index contributed by atoms with van der Waals surface area (Å²) in [6.07, 6.45) is 0. The third-order valence-electron chi connectivity index (χ3n) is 6.51. The van der Waals surface area contributed by atoms with Gasteiger partial charge < -0.3 is 14.9 Å². The maximum Gasteiger partial charge on any atom is 0.300 e. The van der Waals surface area contributed by atoms with Gasteiger partial charge in [0.25, 0.3) is 11.7 Å². The predicted octanol–water partition coefficient (Wildman–Crippen LogP) is 6.18. The van der Waals surface area contributed by atoms with E-state index in [-0.39, 0.29) is 16.9 Å². The molecule has 5 rings (SSSR count). The summed E-state index contributed by atoms with van der Waals surface area (Å²) in [4.78, 5) is 27.3. The third kappa shape index (κ3) is 4.96. The van der Waals surface area contributed by atoms with Crippen LogP contribution in [0.5, 0.6) is 11.5 Å². The molecule has 0 aliphatic carbocycles. The summed E-state index contributed by atoms with van der Waals surface area (Å²) in [6, 6.07) is 21.2. The molecule has 0 aromatic heterocycles. The Morgan fingerprint density at radius 2 is 1.64 bits per heavy atom. The number of phenols is 1. The Balaban J connectivity index is 1.58. The average Bonchev–Trinajstić information content (AvgIpc) is 3.19. The molecule has 39 heavy (non-hydrogen) atoms. The van der Waals surface area contributed by atoms with E-state index in [4.69, 9.17) is 4.74 Å². The van der Waals surface area contributed by atoms with Gasteiger partial charge in [-0.15, -0.1) is 0 Å². The fourth-order valence-corrected chi connectivity index (χ4v) is 4.57. The van der Waals surface area contributed by atoms with Gasteiger partial charge in [-0.05, 0) is 66.1 Å². The number of aryl methyl sites for hydroxylation is 1. The van der Waals surface area contributed by atoms with Crippen LogP contribution in [-0.4, -0.2) is 21.9 Å². The number of rotatable bonds is 6. The van der Waals surface area contributed by atoms with Gasteiger partial charge in [0, 0.05) is 11.6 Å². The Kier molecular flexibility index (Phi) is 6.85. The second-order valence-corrected chi connectivity index (χ2v) is 9.11. The number of carbonyl (C=O) groups excluding carboxylic acids is 2. The number of benzene rings is 4. The van der Waals surface area contributed by atoms with Crippen LogP contribution in [0.3, 0.4) is 0 Å². The first kappa shape index (κ1) is 25.7. The van der Waals surface area contributed by atoms with Crippen molar-refractivity contribution >= 4 is 23.1 Å². The summed E-state index contributed by atoms with van der Waals surface area (Å²) in [7, 11) is 0. The lowest BCUT2D eigenvalue weighted by Gasteiger charge is -2.26. The van der Waals surface area contributed by atoms with Crippen LogP contribution in [0, 0.1) is 18.6 Å². The number of amides is 1. The maximum absolute atomic E-state index is 14.8. The minimum Gasteiger partial charge on any atom is -0.508 e. The molecule has 196 valence electrons. The quantitative estimate of drug-likeness (QED) is 0.178. The van der Waals surface area contributed by atoms with Gasteiger partial charge in [0.05, 0.1) is 17.3 Å². The summed E-state index contributed by atoms with van der Waals surface area (Å²) in [6.45, 7) is 2.10. The van der Waals surface area contributed by atoms with Gasteiger partial charge in [-0.3, -0.25) is 14.5 Å². The predicted molar refractivity (Wildman–Crippen MR) is 141 cm³/mol. The van der Waals surface area contributed by atoms with Crippen molar-refractivity contribution in [2.24, 2.45) is 0 Å². The molecule has 1 heterocycles. The van der Waals surface area contributed by atoms with Crippen LogP contribution in [0.2, 0.25) is 0 Å². The van der Waals surface area contributed by atoms with E-state index in [1.165, 1.54) is 24.3 Å². The molecule has 1 aliphatic rings. The second kappa shape index (κ2) is 10.4. The summed E-state index contributed by atoms with van der Waals surface area (Å²) < 4.78 is 34.8. The molecule has 2 N–H and O–H groups in total. The Morgan fingerprint density at radius 1 is 0.923 bits per heavy atom. The van der Waals surface area contributed by atoms with E-state index in [9.17, 15) is 28.6 Å². The molecule has 1 unspecified atom stereocenters. The maximum atomic E-state index is 14.8. The smallest absolute Gasteiger partial charge is 0.300 e. The zero-order valence-electron chi connectivity index (χ0n) is 20.8. The molecule has 0 saturated carbocycles. The normalized spacial score (nSPS) is 16.5. The molecule has 1 saturated heterocycles. The number of Topliss-reactive ketones (excluding diaryl/α,β-unsaturated/α-hetero) is 1. The number of ketones is 1. The molecule has 1 atom stereocenters. The number of hydrogen-bond donors (Lipinski definition) is 2. The minimum absolute atomic E-state index is 0.0747. The number of ether oxygens (including phenoxy) is 1. The number of aromatic hydroxyl groups is 1. The van der Waals surface area contributed by atoms with Crippen LogP contribution in [0.25, 0.3) is 5.76 Å². The number of nitrogens with zero attached hydrogens (tertiary/aromatic N) is 1. The van der Waals surface area contributed by atoms with Crippen molar-refractivity contribution in [3.63, 3.8) is 0 Å². The molecule has 0 bridgehead atoms. The standard InChI is InChI=1S/C31H23F2NO5/c1-18-15-21(9-14-26(18)39-17-19-5-3-2-4-6-19)29(36)27-28(20-7-11-23(35)12-8-20)34(31(38)30(27)37)25-16-22(32)10-13-24(25)33/h2-16,28,35-36H,17H2,1H3/b29-27+. The van der Waals surface area contributed by atoms with E-state index in [1.54, 1.807) is 25.1 Å². The Labute approximate surface area is 223 Å². The lowest BCUT2D eigenvalue weighted by molar-refractivity contribution is -0.132. The first-order chi connectivity index (χ1) is 18.7. The van der Waals surface area contributed by atoms with Crippen molar-refractivity contribution in [3.8, 4) is 11.5 Å². The molecule has 4 aromatic rings. The third-order valence-corrected chi connectivity index (χ3v) is 6.51. The van der Waals surface area contributed by atoms with Crippen molar-refractivity contribution in [1.29, 1.82) is 0 Å². The number of phenolic OH excluding ortho intramolecular Hbond substituents is 1. The van der Waals surface area contributed by atoms with Crippen LogP contribution in [0.15, 0.2) is 96.6 Å². The Bertz CT molecular complexity index is 1600. The highest BCUT2D eigenvalue weighted by Gasteiger charge is 2.47. The number of hydrogen-bond acceptors (Lipinski definition) is 5. The van der Waals surface area contributed by atoms with Gasteiger partial charge >= 0.3 is 0 Å². The number of aliphatic hydroxyl groups is 1. The van der Waals surface area contributed by atoms with E-state index < -0.39 is 40.8 Å². The summed E-state index contributed by atoms with van der Waals surface area (Å²) in [5.74, 6) is -3.90. The zero-order chi connectivity index (χ0) is 27.7. The summed E-state index contributed by atoms with van der Waals surface area (Å²) in [5, 5.41) is 21.1. The highest BCUT2D eigenvalue weighted by Crippen LogP contribution is 2.43. The molecule has 8 heteroatoms. The Morgan fingerprint density at radius 3 is 2.33 bits per heavy atom. The first-order valence-electron chi connectivity index (χ1n) is 12.1. The lowest BCUT2D eigenvalue weighted by atomic mass is 9.94. The fraction of sp³-hybridized carbons (Fsp3) is 0.0968. The van der Waals surface area contributed by atoms with E-state index in [1.807, 2.05) is 30.3 Å². The van der Waals surface area contributed by atoms with Gasteiger partial charge in [0.1, 0.15) is 35.5 Å². The number of halogens is 2. The van der Waals surface area contributed by atoms with Gasteiger partial charge in [-0.25, -0.2) is 8.78 Å². The zero-order valence-corrected chi connectivity index (χ0v) is 20.8. The van der Waals surface area contributed by atoms with Crippen molar-refractivity contribution in [2.45, 2.75) is 19.6 Å². The fourth-order valence-electron chi connectivity index (χ4n) is 4.57. The van der Waals surface area contributed by atoms with Gasteiger partial charge in [-0.2, -0.15) is 0 Å². The first-order valence-corrected chi connectivity index (χ1v) is 12.1. The minimum atomic E-state index is -1.28. The van der Waals surface area contributed by atoms with Crippen LogP contribution in [0.1, 0.15) is 28.3 Å². The summed E-state index contributed by atoms with van der Waals surface area (Å²) >= 11 is 0. The van der Waals surface area contributed by atoms with E-state index >= 15 is 0 Å². The molecule has 1 aliphatic heterocycles. The number of carbonyl (C=O) groups is 2. The van der Waals surface area contributed by atoms with Crippen LogP contribution in [-0.2, 0) is 16.2 Å². The molecule has 1 amide bonds. The van der Waals surface area contributed by atoms with Crippen molar-refractivity contribution in [3.05, 3.63) is 130 Å². The molecule has 6 nitrogen and oxygen atoms in total. The monoisotopic (exact) mass is 527 g/mol. The number of anilines is 1. The van der Waals surface area contributed by atoms with Crippen LogP contribution >= 0.6 is 0 Å². The van der Waals surface area contributed by atoms with Gasteiger partial charge in [0.15, 0.2) is 0 Å². The van der Waals surface area contributed by atoms with Crippen molar-refractivity contribution in [1.82, 2.24) is 0 Å². The molecule has 0 radical (unpaired) electrons. The van der Waals surface area contributed by atoms with E-state index in [2.05, 4.69) is 0 Å². The second-order valence-electron chi connectivity index (χ2n) is 9.11. The van der Waals surface area contributed by atoms with Gasteiger partial charge in [-0.1, -0.05) is 42.5 Å². The van der Waals surface area contributed by atoms with Crippen molar-refractivity contribution < 1.29 is 33.3 Å². The number of aliphatic hydroxyl groups excluding tert-OH is 1. The van der Waals surface area contributed by atoms with E-state index in [0.29, 0.717) is 23.5 Å². The van der Waals surface area contributed by atoms with Gasteiger partial charge in [0.2, 0.25) is 0 Å². The summed E-state index contributed by atoms with van der Waals surface area (Å²) in [5.41, 5.74) is 1.43. The Hall–Kier alpha value is -4.98. The molecular formula is C31H23F2NO5. The lowest BCUT2D eigenvalue weighted by Crippen LogP contribution is -2.30. The highest BCUT2D eigenvalue weighted by molar-refractivity contribution is 6.51. The largest absolute Gasteiger partial charge is 0.508 e. The van der Waals surface area contributed by atoms with Crippen molar-refractivity contribution in [2.75, 3.05) is 4.90 Å².